The number of carbonyl (C=O) groups is 1. The van der Waals surface area contributed by atoms with E-state index in [4.69, 9.17) is 23.2 Å². The fourth-order valence-electron chi connectivity index (χ4n) is 3.24. The van der Waals surface area contributed by atoms with Crippen LogP contribution in [0.1, 0.15) is 11.3 Å². The van der Waals surface area contributed by atoms with E-state index in [0.717, 1.165) is 23.0 Å². The molecule has 0 saturated heterocycles. The van der Waals surface area contributed by atoms with Gasteiger partial charge in [0.05, 0.1) is 6.54 Å². The van der Waals surface area contributed by atoms with E-state index in [1.807, 2.05) is 18.2 Å². The van der Waals surface area contributed by atoms with Crippen molar-refractivity contribution in [1.29, 1.82) is 0 Å². The van der Waals surface area contributed by atoms with E-state index in [1.54, 1.807) is 11.0 Å². The van der Waals surface area contributed by atoms with Gasteiger partial charge in [-0.1, -0.05) is 23.2 Å². The first-order valence-electron chi connectivity index (χ1n) is 7.84. The molecule has 0 saturated carbocycles. The van der Waals surface area contributed by atoms with Gasteiger partial charge >= 0.3 is 6.03 Å². The highest BCUT2D eigenvalue weighted by Gasteiger charge is 2.24. The zero-order valence-electron chi connectivity index (χ0n) is 13.1. The number of nitrogens with zero attached hydrogens (tertiary/aromatic N) is 1. The van der Waals surface area contributed by atoms with Gasteiger partial charge in [0.1, 0.15) is 5.75 Å². The van der Waals surface area contributed by atoms with E-state index in [2.05, 4.69) is 10.3 Å². The van der Waals surface area contributed by atoms with E-state index in [1.165, 1.54) is 17.7 Å². The quantitative estimate of drug-likeness (QED) is 0.573. The third-order valence-electron chi connectivity index (χ3n) is 4.36. The van der Waals surface area contributed by atoms with E-state index < -0.39 is 0 Å². The number of aromatic hydroxyl groups is 1. The number of hydrogen-bond donors (Lipinski definition) is 3. The molecule has 2 aromatic carbocycles. The minimum Gasteiger partial charge on any atom is -0.508 e. The van der Waals surface area contributed by atoms with E-state index in [-0.39, 0.29) is 11.8 Å². The van der Waals surface area contributed by atoms with Crippen LogP contribution >= 0.6 is 23.2 Å². The predicted octanol–water partition coefficient (Wildman–Crippen LogP) is 4.77. The number of rotatable bonds is 1. The minimum atomic E-state index is -0.232. The molecular weight excluding hydrogens is 361 g/mol. The molecule has 0 spiro atoms. The lowest BCUT2D eigenvalue weighted by molar-refractivity contribution is 0.206. The number of hydrogen-bond acceptors (Lipinski definition) is 2. The van der Waals surface area contributed by atoms with Gasteiger partial charge in [-0.3, -0.25) is 0 Å². The fraction of sp³-hybridized carbons (Fsp3) is 0.167. The molecule has 1 aromatic heterocycles. The van der Waals surface area contributed by atoms with E-state index in [0.29, 0.717) is 28.8 Å². The summed E-state index contributed by atoms with van der Waals surface area (Å²) in [6.07, 6.45) is 0.754. The molecule has 128 valence electrons. The Labute approximate surface area is 154 Å². The molecule has 1 aliphatic heterocycles. The molecule has 3 aromatic rings. The Bertz CT molecular complexity index is 964. The Morgan fingerprint density at radius 3 is 2.80 bits per heavy atom. The maximum atomic E-state index is 12.5. The topological polar surface area (TPSA) is 68.4 Å². The number of urea groups is 1. The molecule has 5 nitrogen and oxygen atoms in total. The fourth-order valence-corrected chi connectivity index (χ4v) is 3.64. The molecule has 0 aliphatic carbocycles. The lowest BCUT2D eigenvalue weighted by Crippen LogP contribution is -2.38. The molecule has 0 atom stereocenters. The van der Waals surface area contributed by atoms with Crippen LogP contribution in [0.4, 0.5) is 10.5 Å². The average molecular weight is 376 g/mol. The number of phenolic OH excluding ortho intramolecular Hbond substituents is 1. The lowest BCUT2D eigenvalue weighted by Gasteiger charge is -2.27. The Balaban J connectivity index is 1.55. The van der Waals surface area contributed by atoms with Crippen molar-refractivity contribution in [2.24, 2.45) is 0 Å². The summed E-state index contributed by atoms with van der Waals surface area (Å²) in [7, 11) is 0. The van der Waals surface area contributed by atoms with E-state index in [9.17, 15) is 9.90 Å². The van der Waals surface area contributed by atoms with Crippen LogP contribution in [-0.4, -0.2) is 27.6 Å². The maximum Gasteiger partial charge on any atom is 0.322 e. The zero-order chi connectivity index (χ0) is 17.6. The summed E-state index contributed by atoms with van der Waals surface area (Å²) in [6.45, 7) is 1.09. The highest BCUT2D eigenvalue weighted by atomic mass is 35.5. The summed E-state index contributed by atoms with van der Waals surface area (Å²) in [6, 6.07) is 10.0. The molecule has 25 heavy (non-hydrogen) atoms. The second-order valence-corrected chi connectivity index (χ2v) is 6.94. The molecule has 2 heterocycles. The van der Waals surface area contributed by atoms with Gasteiger partial charge in [0.2, 0.25) is 0 Å². The van der Waals surface area contributed by atoms with Crippen molar-refractivity contribution < 1.29 is 9.90 Å². The summed E-state index contributed by atoms with van der Waals surface area (Å²) in [5, 5.41) is 14.5. The Morgan fingerprint density at radius 1 is 1.16 bits per heavy atom. The molecule has 1 aliphatic rings. The molecule has 2 amide bonds. The van der Waals surface area contributed by atoms with Crippen LogP contribution in [0.2, 0.25) is 10.0 Å². The Hall–Kier alpha value is -2.37. The van der Waals surface area contributed by atoms with Gasteiger partial charge in [-0.05, 0) is 42.3 Å². The van der Waals surface area contributed by atoms with Crippen molar-refractivity contribution in [3.8, 4) is 5.75 Å². The number of aromatic amines is 1. The van der Waals surface area contributed by atoms with Crippen LogP contribution in [0, 0.1) is 0 Å². The van der Waals surface area contributed by atoms with E-state index >= 15 is 0 Å². The Morgan fingerprint density at radius 2 is 2.00 bits per heavy atom. The van der Waals surface area contributed by atoms with Gasteiger partial charge in [-0.2, -0.15) is 0 Å². The van der Waals surface area contributed by atoms with Gasteiger partial charge in [-0.25, -0.2) is 4.79 Å². The molecule has 3 N–H and O–H groups in total. The van der Waals surface area contributed by atoms with Crippen LogP contribution < -0.4 is 5.32 Å². The minimum absolute atomic E-state index is 0.0104. The van der Waals surface area contributed by atoms with Crippen molar-refractivity contribution in [2.75, 3.05) is 11.9 Å². The largest absolute Gasteiger partial charge is 0.508 e. The number of anilines is 1. The van der Waals surface area contributed by atoms with Gasteiger partial charge in [0.15, 0.2) is 0 Å². The maximum absolute atomic E-state index is 12.5. The second-order valence-electron chi connectivity index (χ2n) is 6.07. The van der Waals surface area contributed by atoms with Crippen LogP contribution in [0.15, 0.2) is 36.4 Å². The predicted molar refractivity (Wildman–Crippen MR) is 99.6 cm³/mol. The summed E-state index contributed by atoms with van der Waals surface area (Å²) in [5.41, 5.74) is 3.72. The molecule has 7 heteroatoms. The third kappa shape index (κ3) is 3.13. The lowest BCUT2D eigenvalue weighted by atomic mass is 10.0. The summed E-state index contributed by atoms with van der Waals surface area (Å²) < 4.78 is 0. The van der Waals surface area contributed by atoms with Crippen molar-refractivity contribution in [1.82, 2.24) is 9.88 Å². The number of nitrogens with one attached hydrogen (secondary N) is 2. The number of aromatic nitrogens is 1. The average Bonchev–Trinajstić information content (AvgIpc) is 2.90. The molecule has 0 fully saturated rings. The Kier molecular flexibility index (Phi) is 3.98. The van der Waals surface area contributed by atoms with Crippen LogP contribution in [0.3, 0.4) is 0 Å². The normalized spacial score (nSPS) is 13.8. The van der Waals surface area contributed by atoms with Crippen molar-refractivity contribution >= 4 is 45.8 Å². The third-order valence-corrected chi connectivity index (χ3v) is 4.81. The number of halogens is 2. The highest BCUT2D eigenvalue weighted by Crippen LogP contribution is 2.30. The first-order valence-corrected chi connectivity index (χ1v) is 8.59. The molecule has 0 unspecified atom stereocenters. The van der Waals surface area contributed by atoms with Crippen LogP contribution in [-0.2, 0) is 13.0 Å². The first kappa shape index (κ1) is 16.1. The highest BCUT2D eigenvalue weighted by molar-refractivity contribution is 6.31. The zero-order valence-corrected chi connectivity index (χ0v) is 14.7. The van der Waals surface area contributed by atoms with Gasteiger partial charge < -0.3 is 20.3 Å². The van der Waals surface area contributed by atoms with Gasteiger partial charge in [0, 0.05) is 44.9 Å². The summed E-state index contributed by atoms with van der Waals surface area (Å²) in [4.78, 5) is 17.6. The van der Waals surface area contributed by atoms with Crippen LogP contribution in [0.5, 0.6) is 5.75 Å². The smallest absolute Gasteiger partial charge is 0.322 e. The number of carbonyl (C=O) groups excluding carboxylic acids is 1. The monoisotopic (exact) mass is 375 g/mol. The number of benzene rings is 2. The second kappa shape index (κ2) is 6.17. The SMILES string of the molecule is O=C(Nc1cc(O)cc(Cl)c1)N1CCc2c([nH]c3ccc(Cl)cc23)C1. The van der Waals surface area contributed by atoms with Crippen LogP contribution in [0.25, 0.3) is 10.9 Å². The van der Waals surface area contributed by atoms with Crippen molar-refractivity contribution in [3.63, 3.8) is 0 Å². The van der Waals surface area contributed by atoms with Gasteiger partial charge in [-0.15, -0.1) is 0 Å². The molecule has 0 bridgehead atoms. The number of phenols is 1. The first-order chi connectivity index (χ1) is 12.0. The standard InChI is InChI=1S/C18H15Cl2N3O2/c19-10-1-2-16-15(7-10)14-3-4-23(9-17(14)22-16)18(25)21-12-5-11(20)6-13(24)8-12/h1-2,5-8,22,24H,3-4,9H2,(H,21,25). The molecule has 0 radical (unpaired) electrons. The summed E-state index contributed by atoms with van der Waals surface area (Å²) >= 11 is 12.0. The van der Waals surface area contributed by atoms with Crippen molar-refractivity contribution in [3.05, 3.63) is 57.7 Å². The number of amides is 2. The van der Waals surface area contributed by atoms with Crippen molar-refractivity contribution in [2.45, 2.75) is 13.0 Å². The number of fused-ring (bicyclic) bond motifs is 3. The van der Waals surface area contributed by atoms with Gasteiger partial charge in [0.25, 0.3) is 0 Å². The molecule has 4 rings (SSSR count). The summed E-state index contributed by atoms with van der Waals surface area (Å²) in [5.74, 6) is 0.0104. The molecular formula is C18H15Cl2N3O2. The number of H-pyrrole nitrogens is 1.